The number of unbranched alkanes of at least 4 members (excludes halogenated alkanes) is 2. The van der Waals surface area contributed by atoms with E-state index in [1.165, 1.54) is 0 Å². The van der Waals surface area contributed by atoms with E-state index in [9.17, 15) is 19.2 Å². The molecule has 0 spiro atoms. The van der Waals surface area contributed by atoms with Crippen molar-refractivity contribution in [3.05, 3.63) is 0 Å². The van der Waals surface area contributed by atoms with Crippen molar-refractivity contribution in [2.75, 3.05) is 75.5 Å². The molecule has 0 saturated carbocycles. The monoisotopic (exact) mass is 662 g/mol. The minimum Gasteiger partial charge on any atom is -0.466 e. The van der Waals surface area contributed by atoms with E-state index < -0.39 is 0 Å². The SMILES string of the molecule is CC(C)CCOC(=O)CCCCSCCC(=O)NCCNCCNCCNC(=O)CCSCCCCC(=O)OCCC(C)C. The Hall–Kier alpha value is -1.50. The first-order valence-corrected chi connectivity index (χ1v) is 18.9. The average Bonchev–Trinajstić information content (AvgIpc) is 2.96. The van der Waals surface area contributed by atoms with Crippen LogP contribution >= 0.6 is 23.5 Å². The van der Waals surface area contributed by atoms with Crippen LogP contribution < -0.4 is 21.3 Å². The van der Waals surface area contributed by atoms with Crippen LogP contribution in [0.1, 0.15) is 91.9 Å². The summed E-state index contributed by atoms with van der Waals surface area (Å²) in [6, 6.07) is 0. The van der Waals surface area contributed by atoms with E-state index in [2.05, 4.69) is 49.0 Å². The van der Waals surface area contributed by atoms with Gasteiger partial charge in [-0.05, 0) is 61.9 Å². The van der Waals surface area contributed by atoms with Gasteiger partial charge in [-0.1, -0.05) is 27.7 Å². The van der Waals surface area contributed by atoms with Gasteiger partial charge in [0, 0.05) is 76.5 Å². The van der Waals surface area contributed by atoms with Crippen molar-refractivity contribution < 1.29 is 28.7 Å². The fourth-order valence-electron chi connectivity index (χ4n) is 3.63. The van der Waals surface area contributed by atoms with Gasteiger partial charge in [0.15, 0.2) is 0 Å². The van der Waals surface area contributed by atoms with Crippen molar-refractivity contribution in [2.45, 2.75) is 91.9 Å². The van der Waals surface area contributed by atoms with E-state index >= 15 is 0 Å². The number of esters is 2. The number of hydrogen-bond donors (Lipinski definition) is 4. The van der Waals surface area contributed by atoms with E-state index in [-0.39, 0.29) is 23.8 Å². The molecule has 0 radical (unpaired) electrons. The molecule has 0 aliphatic heterocycles. The number of thioether (sulfide) groups is 2. The highest BCUT2D eigenvalue weighted by Crippen LogP contribution is 2.10. The van der Waals surface area contributed by atoms with Gasteiger partial charge in [0.05, 0.1) is 13.2 Å². The lowest BCUT2D eigenvalue weighted by atomic mass is 10.1. The van der Waals surface area contributed by atoms with E-state index in [4.69, 9.17) is 9.47 Å². The van der Waals surface area contributed by atoms with Gasteiger partial charge < -0.3 is 30.7 Å². The number of nitrogens with one attached hydrogen (secondary N) is 4. The highest BCUT2D eigenvalue weighted by Gasteiger charge is 2.06. The lowest BCUT2D eigenvalue weighted by Gasteiger charge is -2.09. The third kappa shape index (κ3) is 33.4. The van der Waals surface area contributed by atoms with Crippen LogP contribution in [-0.2, 0) is 28.7 Å². The summed E-state index contributed by atoms with van der Waals surface area (Å²) in [5, 5.41) is 12.4. The first kappa shape index (κ1) is 42.5. The van der Waals surface area contributed by atoms with E-state index in [1.807, 2.05) is 0 Å². The third-order valence-electron chi connectivity index (χ3n) is 6.43. The van der Waals surface area contributed by atoms with Gasteiger partial charge in [-0.15, -0.1) is 0 Å². The Kier molecular flexibility index (Phi) is 30.4. The molecular formula is C32H62N4O6S2. The molecule has 0 bridgehead atoms. The van der Waals surface area contributed by atoms with Crippen LogP contribution in [-0.4, -0.2) is 99.2 Å². The molecular weight excluding hydrogens is 601 g/mol. The van der Waals surface area contributed by atoms with E-state index in [1.54, 1.807) is 23.5 Å². The number of ether oxygens (including phenoxy) is 2. The van der Waals surface area contributed by atoms with Gasteiger partial charge in [0.1, 0.15) is 0 Å². The minimum absolute atomic E-state index is 0.0646. The first-order chi connectivity index (χ1) is 21.2. The smallest absolute Gasteiger partial charge is 0.305 e. The van der Waals surface area contributed by atoms with Gasteiger partial charge in [-0.2, -0.15) is 23.5 Å². The molecule has 10 nitrogen and oxygen atoms in total. The summed E-state index contributed by atoms with van der Waals surface area (Å²) in [5.74, 6) is 4.47. The molecule has 0 aromatic carbocycles. The average molecular weight is 663 g/mol. The summed E-state index contributed by atoms with van der Waals surface area (Å²) in [4.78, 5) is 47.2. The number of carbonyl (C=O) groups excluding carboxylic acids is 4. The van der Waals surface area contributed by atoms with Crippen LogP contribution in [0, 0.1) is 11.8 Å². The molecule has 44 heavy (non-hydrogen) atoms. The normalized spacial score (nSPS) is 11.1. The maximum absolute atomic E-state index is 11.9. The summed E-state index contributed by atoms with van der Waals surface area (Å²) in [7, 11) is 0. The topological polar surface area (TPSA) is 135 Å². The van der Waals surface area contributed by atoms with E-state index in [0.717, 1.165) is 74.6 Å². The van der Waals surface area contributed by atoms with Crippen LogP contribution in [0.2, 0.25) is 0 Å². The quantitative estimate of drug-likeness (QED) is 0.0633. The highest BCUT2D eigenvalue weighted by atomic mass is 32.2. The zero-order valence-corrected chi connectivity index (χ0v) is 29.6. The Morgan fingerprint density at radius 1 is 0.523 bits per heavy atom. The van der Waals surface area contributed by atoms with Crippen molar-refractivity contribution in [3.8, 4) is 0 Å². The fourth-order valence-corrected chi connectivity index (χ4v) is 5.51. The molecule has 0 rings (SSSR count). The fraction of sp³-hybridized carbons (Fsp3) is 0.875. The molecule has 12 heteroatoms. The van der Waals surface area contributed by atoms with E-state index in [0.29, 0.717) is 76.9 Å². The first-order valence-electron chi connectivity index (χ1n) is 16.6. The summed E-state index contributed by atoms with van der Waals surface area (Å²) < 4.78 is 10.4. The minimum atomic E-state index is -0.109. The molecule has 0 fully saturated rings. The predicted octanol–water partition coefficient (Wildman–Crippen LogP) is 4.16. The summed E-state index contributed by atoms with van der Waals surface area (Å²) in [6.45, 7) is 13.7. The summed E-state index contributed by atoms with van der Waals surface area (Å²) >= 11 is 3.49. The van der Waals surface area contributed by atoms with Crippen LogP contribution in [0.3, 0.4) is 0 Å². The van der Waals surface area contributed by atoms with Gasteiger partial charge >= 0.3 is 11.9 Å². The maximum Gasteiger partial charge on any atom is 0.305 e. The Balaban J connectivity index is 3.36. The van der Waals surface area contributed by atoms with Crippen molar-refractivity contribution in [1.82, 2.24) is 21.3 Å². The van der Waals surface area contributed by atoms with Crippen molar-refractivity contribution in [1.29, 1.82) is 0 Å². The molecule has 0 aromatic rings. The largest absolute Gasteiger partial charge is 0.466 e. The Morgan fingerprint density at radius 2 is 0.909 bits per heavy atom. The Bertz CT molecular complexity index is 684. The van der Waals surface area contributed by atoms with Crippen LogP contribution in [0.15, 0.2) is 0 Å². The molecule has 0 aliphatic rings. The third-order valence-corrected chi connectivity index (χ3v) is 8.57. The van der Waals surface area contributed by atoms with Crippen LogP contribution in [0.4, 0.5) is 0 Å². The number of rotatable bonds is 31. The number of amides is 2. The Morgan fingerprint density at radius 3 is 1.30 bits per heavy atom. The molecule has 258 valence electrons. The standard InChI is InChI=1S/C32H62N4O6S2/c1-27(2)11-21-41-31(39)9-5-7-23-43-25-13-29(37)35-19-17-33-15-16-34-18-20-36-30(38)14-26-44-24-8-6-10-32(40)42-22-12-28(3)4/h27-28,33-34H,5-26H2,1-4H3,(H,35,37)(H,36,38). The second-order valence-corrected chi connectivity index (χ2v) is 14.1. The van der Waals surface area contributed by atoms with Crippen molar-refractivity contribution in [3.63, 3.8) is 0 Å². The number of hydrogen-bond acceptors (Lipinski definition) is 10. The lowest BCUT2D eigenvalue weighted by molar-refractivity contribution is -0.145. The number of carbonyl (C=O) groups is 4. The summed E-state index contributed by atoms with van der Waals surface area (Å²) in [6.07, 6.45) is 7.34. The molecule has 0 atom stereocenters. The highest BCUT2D eigenvalue weighted by molar-refractivity contribution is 7.99. The van der Waals surface area contributed by atoms with Gasteiger partial charge in [0.2, 0.25) is 11.8 Å². The Labute approximate surface area is 275 Å². The predicted molar refractivity (Wildman–Crippen MR) is 184 cm³/mol. The second kappa shape index (κ2) is 31.5. The zero-order valence-electron chi connectivity index (χ0n) is 28.0. The second-order valence-electron chi connectivity index (χ2n) is 11.6. The molecule has 0 unspecified atom stereocenters. The van der Waals surface area contributed by atoms with Gasteiger partial charge in [0.25, 0.3) is 0 Å². The molecule has 2 amide bonds. The van der Waals surface area contributed by atoms with Crippen molar-refractivity contribution >= 4 is 47.3 Å². The zero-order chi connectivity index (χ0) is 32.7. The summed E-state index contributed by atoms with van der Waals surface area (Å²) in [5.41, 5.74) is 0. The molecule has 0 aliphatic carbocycles. The molecule has 0 heterocycles. The molecule has 0 saturated heterocycles. The molecule has 0 aromatic heterocycles. The lowest BCUT2D eigenvalue weighted by Crippen LogP contribution is -2.37. The van der Waals surface area contributed by atoms with Gasteiger partial charge in [-0.25, -0.2) is 0 Å². The van der Waals surface area contributed by atoms with Crippen LogP contribution in [0.25, 0.3) is 0 Å². The molecule has 4 N–H and O–H groups in total. The maximum atomic E-state index is 11.9. The van der Waals surface area contributed by atoms with Gasteiger partial charge in [-0.3, -0.25) is 19.2 Å². The van der Waals surface area contributed by atoms with Crippen LogP contribution in [0.5, 0.6) is 0 Å². The van der Waals surface area contributed by atoms with Crippen molar-refractivity contribution in [2.24, 2.45) is 11.8 Å².